The minimum absolute atomic E-state index is 0.426. The highest BCUT2D eigenvalue weighted by atomic mass is 16.4. The second-order valence-corrected chi connectivity index (χ2v) is 10.1. The van der Waals surface area contributed by atoms with E-state index in [1.165, 1.54) is 29.5 Å². The Bertz CT molecular complexity index is 1100. The van der Waals surface area contributed by atoms with Crippen LogP contribution in [0.4, 0.5) is 10.5 Å². The van der Waals surface area contributed by atoms with E-state index in [1.54, 1.807) is 4.90 Å². The number of amides is 1. The number of para-hydroxylation sites is 1. The van der Waals surface area contributed by atoms with E-state index in [9.17, 15) is 9.90 Å². The van der Waals surface area contributed by atoms with Crippen LogP contribution in [0.25, 0.3) is 0 Å². The van der Waals surface area contributed by atoms with Crippen molar-refractivity contribution in [1.29, 1.82) is 0 Å². The lowest BCUT2D eigenvalue weighted by Crippen LogP contribution is -2.47. The Morgan fingerprint density at radius 1 is 0.882 bits per heavy atom. The fourth-order valence-electron chi connectivity index (χ4n) is 6.04. The van der Waals surface area contributed by atoms with Gasteiger partial charge < -0.3 is 5.11 Å². The molecule has 1 aliphatic carbocycles. The fourth-order valence-corrected chi connectivity index (χ4v) is 6.04. The number of aryl methyl sites for hydroxylation is 1. The smallest absolute Gasteiger partial charge is 0.411 e. The molecule has 2 atom stereocenters. The van der Waals surface area contributed by atoms with E-state index in [1.807, 2.05) is 18.2 Å². The maximum absolute atomic E-state index is 12.5. The maximum atomic E-state index is 12.5. The van der Waals surface area contributed by atoms with E-state index in [0.717, 1.165) is 37.3 Å². The molecular formula is C30H34N2O2. The summed E-state index contributed by atoms with van der Waals surface area (Å²) in [7, 11) is 0. The molecule has 2 fully saturated rings. The molecule has 176 valence electrons. The zero-order valence-corrected chi connectivity index (χ0v) is 19.9. The summed E-state index contributed by atoms with van der Waals surface area (Å²) in [6, 6.07) is 27.2. The number of hydrogen-bond acceptors (Lipinski definition) is 2. The number of benzene rings is 3. The van der Waals surface area contributed by atoms with Gasteiger partial charge >= 0.3 is 6.09 Å². The van der Waals surface area contributed by atoms with Crippen LogP contribution in [0.2, 0.25) is 0 Å². The predicted molar refractivity (Wildman–Crippen MR) is 137 cm³/mol. The normalized spacial score (nSPS) is 22.0. The molecule has 1 N–H and O–H groups in total. The summed E-state index contributed by atoms with van der Waals surface area (Å²) in [6.45, 7) is 5.80. The molecule has 5 rings (SSSR count). The Kier molecular flexibility index (Phi) is 6.68. The minimum Gasteiger partial charge on any atom is -0.465 e. The first kappa shape index (κ1) is 22.7. The molecule has 1 amide bonds. The third-order valence-electron chi connectivity index (χ3n) is 7.78. The van der Waals surface area contributed by atoms with Gasteiger partial charge in [0, 0.05) is 26.2 Å². The number of fused-ring (bicyclic) bond motifs is 2. The van der Waals surface area contributed by atoms with E-state index in [0.29, 0.717) is 24.3 Å². The van der Waals surface area contributed by atoms with Crippen molar-refractivity contribution in [3.05, 3.63) is 101 Å². The van der Waals surface area contributed by atoms with Crippen LogP contribution in [0.1, 0.15) is 35.1 Å². The van der Waals surface area contributed by atoms with Crippen molar-refractivity contribution in [3.63, 3.8) is 0 Å². The summed E-state index contributed by atoms with van der Waals surface area (Å²) in [5.41, 5.74) is 5.71. The van der Waals surface area contributed by atoms with Crippen LogP contribution in [0.15, 0.2) is 78.9 Å². The van der Waals surface area contributed by atoms with E-state index in [4.69, 9.17) is 0 Å². The van der Waals surface area contributed by atoms with Gasteiger partial charge in [-0.25, -0.2) is 4.79 Å². The van der Waals surface area contributed by atoms with Crippen LogP contribution in [0.5, 0.6) is 0 Å². The summed E-state index contributed by atoms with van der Waals surface area (Å²) >= 11 is 0. The number of carbonyl (C=O) groups is 1. The highest BCUT2D eigenvalue weighted by Gasteiger charge is 2.43. The number of piperidine rings is 1. The fraction of sp³-hybridized carbons (Fsp3) is 0.367. The van der Waals surface area contributed by atoms with E-state index >= 15 is 0 Å². The molecule has 4 nitrogen and oxygen atoms in total. The monoisotopic (exact) mass is 454 g/mol. The summed E-state index contributed by atoms with van der Waals surface area (Å²) in [5.74, 6) is 1.55. The minimum atomic E-state index is -0.845. The average Bonchev–Trinajstić information content (AvgIpc) is 3.07. The number of carboxylic acid groups (broad SMARTS) is 1. The SMILES string of the molecule is Cc1ccc(Cc2ccccc2N(CC2C3CCC2CN(Cc2ccccc2)C3)C(=O)O)cc1. The van der Waals surface area contributed by atoms with E-state index in [2.05, 4.69) is 72.5 Å². The molecule has 1 saturated carbocycles. The van der Waals surface area contributed by atoms with Gasteiger partial charge in [0.1, 0.15) is 0 Å². The number of likely N-dealkylation sites (tertiary alicyclic amines) is 1. The molecule has 34 heavy (non-hydrogen) atoms. The summed E-state index contributed by atoms with van der Waals surface area (Å²) in [6.07, 6.45) is 2.31. The molecule has 2 unspecified atom stereocenters. The molecule has 2 bridgehead atoms. The lowest BCUT2D eigenvalue weighted by Gasteiger charge is -2.40. The third-order valence-corrected chi connectivity index (χ3v) is 7.78. The Morgan fingerprint density at radius 3 is 2.21 bits per heavy atom. The van der Waals surface area contributed by atoms with Gasteiger partial charge in [-0.05, 0) is 66.7 Å². The first-order chi connectivity index (χ1) is 16.6. The van der Waals surface area contributed by atoms with Crippen molar-refractivity contribution in [3.8, 4) is 0 Å². The molecule has 0 radical (unpaired) electrons. The molecule has 0 spiro atoms. The molecule has 2 aliphatic rings. The number of hydrogen-bond donors (Lipinski definition) is 1. The zero-order chi connectivity index (χ0) is 23.5. The van der Waals surface area contributed by atoms with Gasteiger partial charge in [0.15, 0.2) is 0 Å². The summed E-state index contributed by atoms with van der Waals surface area (Å²) in [4.78, 5) is 16.7. The van der Waals surface area contributed by atoms with Crippen molar-refractivity contribution >= 4 is 11.8 Å². The highest BCUT2D eigenvalue weighted by Crippen LogP contribution is 2.43. The molecule has 1 saturated heterocycles. The lowest BCUT2D eigenvalue weighted by molar-refractivity contribution is 0.105. The van der Waals surface area contributed by atoms with Crippen LogP contribution in [0.3, 0.4) is 0 Å². The van der Waals surface area contributed by atoms with Crippen LogP contribution in [-0.2, 0) is 13.0 Å². The molecule has 3 aromatic carbocycles. The van der Waals surface area contributed by atoms with Crippen molar-refractivity contribution in [2.75, 3.05) is 24.5 Å². The van der Waals surface area contributed by atoms with E-state index < -0.39 is 6.09 Å². The van der Waals surface area contributed by atoms with Gasteiger partial charge in [0.2, 0.25) is 0 Å². The van der Waals surface area contributed by atoms with E-state index in [-0.39, 0.29) is 0 Å². The second kappa shape index (κ2) is 10.0. The largest absolute Gasteiger partial charge is 0.465 e. The van der Waals surface area contributed by atoms with Gasteiger partial charge in [-0.15, -0.1) is 0 Å². The Balaban J connectivity index is 1.31. The molecule has 4 heteroatoms. The number of rotatable bonds is 7. The van der Waals surface area contributed by atoms with Crippen LogP contribution < -0.4 is 4.90 Å². The average molecular weight is 455 g/mol. The van der Waals surface area contributed by atoms with Crippen LogP contribution in [0, 0.1) is 24.7 Å². The van der Waals surface area contributed by atoms with Crippen LogP contribution >= 0.6 is 0 Å². The topological polar surface area (TPSA) is 43.8 Å². The molecule has 0 aromatic heterocycles. The molecular weight excluding hydrogens is 420 g/mol. The second-order valence-electron chi connectivity index (χ2n) is 10.1. The first-order valence-corrected chi connectivity index (χ1v) is 12.5. The molecule has 3 aromatic rings. The van der Waals surface area contributed by atoms with Crippen molar-refractivity contribution in [1.82, 2.24) is 4.90 Å². The quantitative estimate of drug-likeness (QED) is 0.460. The highest BCUT2D eigenvalue weighted by molar-refractivity contribution is 5.87. The zero-order valence-electron chi connectivity index (χ0n) is 19.9. The lowest BCUT2D eigenvalue weighted by atomic mass is 9.84. The van der Waals surface area contributed by atoms with Gasteiger partial charge in [0.25, 0.3) is 0 Å². The summed E-state index contributed by atoms with van der Waals surface area (Å²) in [5, 5.41) is 10.2. The predicted octanol–water partition coefficient (Wildman–Crippen LogP) is 6.23. The summed E-state index contributed by atoms with van der Waals surface area (Å²) < 4.78 is 0. The third kappa shape index (κ3) is 5.02. The van der Waals surface area contributed by atoms with Crippen LogP contribution in [-0.4, -0.2) is 35.7 Å². The van der Waals surface area contributed by atoms with Crippen molar-refractivity contribution in [2.45, 2.75) is 32.7 Å². The van der Waals surface area contributed by atoms with Gasteiger partial charge in [0.05, 0.1) is 5.69 Å². The standard InChI is InChI=1S/C30H34N2O2/c1-22-11-13-23(14-12-22)17-25-9-5-6-10-29(25)32(30(33)34)21-28-26-15-16-27(28)20-31(19-26)18-24-7-3-2-4-8-24/h2-14,26-28H,15-21H2,1H3,(H,33,34). The first-order valence-electron chi connectivity index (χ1n) is 12.5. The number of anilines is 1. The molecule has 1 aliphatic heterocycles. The van der Waals surface area contributed by atoms with Gasteiger partial charge in [-0.1, -0.05) is 78.4 Å². The Labute approximate surface area is 202 Å². The van der Waals surface area contributed by atoms with Crippen molar-refractivity contribution < 1.29 is 9.90 Å². The van der Waals surface area contributed by atoms with Crippen molar-refractivity contribution in [2.24, 2.45) is 17.8 Å². The number of nitrogens with zero attached hydrogens (tertiary/aromatic N) is 2. The van der Waals surface area contributed by atoms with Gasteiger partial charge in [-0.2, -0.15) is 0 Å². The molecule has 1 heterocycles. The van der Waals surface area contributed by atoms with Gasteiger partial charge in [-0.3, -0.25) is 9.80 Å². The Hall–Kier alpha value is -3.11. The maximum Gasteiger partial charge on any atom is 0.411 e. The Morgan fingerprint density at radius 2 is 1.53 bits per heavy atom.